The van der Waals surface area contributed by atoms with Crippen LogP contribution in [0.1, 0.15) is 24.2 Å². The number of ether oxygens (including phenoxy) is 1. The van der Waals surface area contributed by atoms with Crippen molar-refractivity contribution in [2.24, 2.45) is 7.05 Å². The quantitative estimate of drug-likeness (QED) is 0.500. The van der Waals surface area contributed by atoms with Gasteiger partial charge in [0.05, 0.1) is 13.7 Å². The minimum Gasteiger partial charge on any atom is -0.497 e. The van der Waals surface area contributed by atoms with Crippen LogP contribution in [0.5, 0.6) is 5.75 Å². The number of hydrogen-bond donors (Lipinski definition) is 2. The molecule has 0 aliphatic rings. The summed E-state index contributed by atoms with van der Waals surface area (Å²) in [5.41, 5.74) is 0.102. The largest absolute Gasteiger partial charge is 0.497 e. The molecule has 0 fully saturated rings. The molecule has 8 heteroatoms. The molecule has 0 saturated heterocycles. The molecule has 2 heterocycles. The number of aryl methyl sites for hydroxylation is 1. The lowest BCUT2D eigenvalue weighted by molar-refractivity contribution is 0.290. The monoisotopic (exact) mass is 392 g/mol. The molecule has 0 unspecified atom stereocenters. The van der Waals surface area contributed by atoms with Crippen LogP contribution in [0.3, 0.4) is 0 Å². The van der Waals surface area contributed by atoms with Crippen molar-refractivity contribution in [1.82, 2.24) is 19.1 Å². The fourth-order valence-corrected chi connectivity index (χ4v) is 2.72. The molecular formula is C21H20N4O4. The van der Waals surface area contributed by atoms with Crippen LogP contribution >= 0.6 is 0 Å². The molecule has 148 valence electrons. The number of aromatic nitrogens is 4. The van der Waals surface area contributed by atoms with Crippen LogP contribution in [-0.4, -0.2) is 37.9 Å². The average Bonchev–Trinajstić information content (AvgIpc) is 3.05. The fourth-order valence-electron chi connectivity index (χ4n) is 2.72. The van der Waals surface area contributed by atoms with E-state index in [-0.39, 0.29) is 24.3 Å². The number of aliphatic hydroxyl groups excluding tert-OH is 1. The number of benzene rings is 1. The highest BCUT2D eigenvalue weighted by atomic mass is 16.5. The Morgan fingerprint density at radius 2 is 2.07 bits per heavy atom. The lowest BCUT2D eigenvalue weighted by Gasteiger charge is -2.01. The molecule has 0 bridgehead atoms. The van der Waals surface area contributed by atoms with Gasteiger partial charge >= 0.3 is 5.69 Å². The van der Waals surface area contributed by atoms with Gasteiger partial charge in [0, 0.05) is 25.6 Å². The van der Waals surface area contributed by atoms with Crippen molar-refractivity contribution in [3.8, 4) is 29.4 Å². The van der Waals surface area contributed by atoms with E-state index in [1.807, 2.05) is 18.2 Å². The summed E-state index contributed by atoms with van der Waals surface area (Å²) in [6, 6.07) is 7.28. The molecule has 0 radical (unpaired) electrons. The van der Waals surface area contributed by atoms with Crippen LogP contribution in [0.25, 0.3) is 11.2 Å². The van der Waals surface area contributed by atoms with Crippen molar-refractivity contribution >= 4 is 11.2 Å². The smallest absolute Gasteiger partial charge is 0.330 e. The van der Waals surface area contributed by atoms with Crippen LogP contribution < -0.4 is 16.0 Å². The van der Waals surface area contributed by atoms with E-state index >= 15 is 0 Å². The van der Waals surface area contributed by atoms with Crippen LogP contribution in [0.4, 0.5) is 0 Å². The highest BCUT2D eigenvalue weighted by molar-refractivity contribution is 5.72. The molecule has 8 nitrogen and oxygen atoms in total. The molecular weight excluding hydrogens is 372 g/mol. The van der Waals surface area contributed by atoms with E-state index in [9.17, 15) is 9.59 Å². The lowest BCUT2D eigenvalue weighted by Crippen LogP contribution is -2.30. The van der Waals surface area contributed by atoms with Gasteiger partial charge in [-0.3, -0.25) is 14.3 Å². The van der Waals surface area contributed by atoms with Crippen LogP contribution in [0, 0.1) is 23.7 Å². The zero-order chi connectivity index (χ0) is 20.8. The van der Waals surface area contributed by atoms with Gasteiger partial charge in [-0.05, 0) is 30.5 Å². The number of imidazole rings is 1. The number of unbranched alkanes of at least 4 members (excludes halogenated alkanes) is 1. The van der Waals surface area contributed by atoms with Gasteiger partial charge in [0.2, 0.25) is 0 Å². The first kappa shape index (κ1) is 20.0. The Bertz CT molecular complexity index is 1280. The van der Waals surface area contributed by atoms with Crippen molar-refractivity contribution in [2.45, 2.75) is 19.4 Å². The van der Waals surface area contributed by atoms with Crippen molar-refractivity contribution in [3.63, 3.8) is 0 Å². The molecule has 0 saturated carbocycles. The van der Waals surface area contributed by atoms with Gasteiger partial charge in [-0.15, -0.1) is 5.92 Å². The fraction of sp³-hybridized carbons (Fsp3) is 0.286. The van der Waals surface area contributed by atoms with Gasteiger partial charge in [-0.1, -0.05) is 17.9 Å². The molecule has 2 N–H and O–H groups in total. The SMILES string of the molecule is COc1cccc(C#Cc2nc3c(c(=O)[nH]c(=O)n3CC#CCCCO)n2C)c1. The predicted octanol–water partition coefficient (Wildman–Crippen LogP) is 0.608. The molecule has 1 aromatic carbocycles. The molecule has 3 aromatic rings. The summed E-state index contributed by atoms with van der Waals surface area (Å²) in [6.07, 6.45) is 1.09. The molecule has 3 rings (SSSR count). The number of aliphatic hydroxyl groups is 1. The number of methoxy groups -OCH3 is 1. The maximum absolute atomic E-state index is 12.3. The van der Waals surface area contributed by atoms with Crippen molar-refractivity contribution in [2.75, 3.05) is 13.7 Å². The lowest BCUT2D eigenvalue weighted by atomic mass is 10.2. The zero-order valence-corrected chi connectivity index (χ0v) is 16.2. The predicted molar refractivity (Wildman–Crippen MR) is 109 cm³/mol. The maximum atomic E-state index is 12.3. The Labute approximate surface area is 166 Å². The van der Waals surface area contributed by atoms with Crippen LogP contribution in [-0.2, 0) is 13.6 Å². The number of fused-ring (bicyclic) bond motifs is 1. The highest BCUT2D eigenvalue weighted by Gasteiger charge is 2.15. The summed E-state index contributed by atoms with van der Waals surface area (Å²) < 4.78 is 8.04. The summed E-state index contributed by atoms with van der Waals surface area (Å²) in [7, 11) is 3.25. The van der Waals surface area contributed by atoms with E-state index in [2.05, 4.69) is 33.6 Å². The van der Waals surface area contributed by atoms with Crippen molar-refractivity contribution in [3.05, 3.63) is 56.5 Å². The number of nitrogens with one attached hydrogen (secondary N) is 1. The molecule has 0 amide bonds. The zero-order valence-electron chi connectivity index (χ0n) is 16.2. The highest BCUT2D eigenvalue weighted by Crippen LogP contribution is 2.12. The Kier molecular flexibility index (Phi) is 6.18. The standard InChI is InChI=1S/C21H20N4O4/c1-24-17(11-10-15-8-7-9-16(14-15)29-2)22-19-18(24)20(27)23-21(28)25(19)12-5-3-4-6-13-26/h7-9,14,26H,4,6,12-13H2,1-2H3,(H,23,27,28). The topological polar surface area (TPSA) is 102 Å². The first-order valence-corrected chi connectivity index (χ1v) is 8.97. The van der Waals surface area contributed by atoms with Gasteiger partial charge in [0.25, 0.3) is 5.56 Å². The summed E-state index contributed by atoms with van der Waals surface area (Å²) in [5.74, 6) is 12.7. The van der Waals surface area contributed by atoms with E-state index < -0.39 is 11.2 Å². The molecule has 2 aromatic heterocycles. The minimum absolute atomic E-state index is 0.0626. The van der Waals surface area contributed by atoms with Crippen LogP contribution in [0.2, 0.25) is 0 Å². The number of H-pyrrole nitrogens is 1. The maximum Gasteiger partial charge on any atom is 0.330 e. The second-order valence-electron chi connectivity index (χ2n) is 6.17. The van der Waals surface area contributed by atoms with Crippen molar-refractivity contribution in [1.29, 1.82) is 0 Å². The summed E-state index contributed by atoms with van der Waals surface area (Å²) in [5, 5.41) is 8.80. The Morgan fingerprint density at radius 1 is 1.24 bits per heavy atom. The van der Waals surface area contributed by atoms with Crippen LogP contribution in [0.15, 0.2) is 33.9 Å². The van der Waals surface area contributed by atoms with E-state index in [0.717, 1.165) is 5.56 Å². The summed E-state index contributed by atoms with van der Waals surface area (Å²) in [4.78, 5) is 31.2. The third kappa shape index (κ3) is 4.40. The second kappa shape index (κ2) is 8.96. The molecule has 29 heavy (non-hydrogen) atoms. The van der Waals surface area contributed by atoms with Crippen molar-refractivity contribution < 1.29 is 9.84 Å². The summed E-state index contributed by atoms with van der Waals surface area (Å²) >= 11 is 0. The van der Waals surface area contributed by atoms with E-state index in [0.29, 0.717) is 24.4 Å². The molecule has 0 spiro atoms. The Morgan fingerprint density at radius 3 is 2.83 bits per heavy atom. The average molecular weight is 392 g/mol. The van der Waals surface area contributed by atoms with Gasteiger partial charge in [0.1, 0.15) is 5.75 Å². The molecule has 0 aliphatic heterocycles. The minimum atomic E-state index is -0.579. The summed E-state index contributed by atoms with van der Waals surface area (Å²) in [6.45, 7) is 0.143. The van der Waals surface area contributed by atoms with Gasteiger partial charge in [-0.25, -0.2) is 9.78 Å². The molecule has 0 aliphatic carbocycles. The normalized spacial score (nSPS) is 10.2. The Hall–Kier alpha value is -3.75. The first-order chi connectivity index (χ1) is 14.0. The number of aromatic amines is 1. The number of rotatable bonds is 4. The second-order valence-corrected chi connectivity index (χ2v) is 6.17. The number of nitrogens with zero attached hydrogens (tertiary/aromatic N) is 3. The van der Waals surface area contributed by atoms with Gasteiger partial charge in [-0.2, -0.15) is 0 Å². The van der Waals surface area contributed by atoms with E-state index in [1.165, 1.54) is 4.57 Å². The van der Waals surface area contributed by atoms with E-state index in [4.69, 9.17) is 9.84 Å². The number of hydrogen-bond acceptors (Lipinski definition) is 5. The van der Waals surface area contributed by atoms with Gasteiger partial charge in [0.15, 0.2) is 17.0 Å². The van der Waals surface area contributed by atoms with Gasteiger partial charge < -0.3 is 14.4 Å². The van der Waals surface area contributed by atoms with E-state index in [1.54, 1.807) is 24.8 Å². The Balaban J connectivity index is 2.04. The molecule has 0 atom stereocenters. The first-order valence-electron chi connectivity index (χ1n) is 8.97. The third-order valence-corrected chi connectivity index (χ3v) is 4.22. The third-order valence-electron chi connectivity index (χ3n) is 4.22.